The Kier molecular flexibility index (Phi) is 3.40. The lowest BCUT2D eigenvalue weighted by Gasteiger charge is -2.28. The molecule has 2 fully saturated rings. The second kappa shape index (κ2) is 5.02. The molecule has 0 aromatic heterocycles. The number of hydrogen-bond acceptors (Lipinski definition) is 2. The average Bonchev–Trinajstić information content (AvgIpc) is 2.93. The minimum atomic E-state index is 0.621. The molecule has 0 saturated carbocycles. The summed E-state index contributed by atoms with van der Waals surface area (Å²) in [5, 5.41) is 3.52. The van der Waals surface area contributed by atoms with Crippen LogP contribution in [0.25, 0.3) is 0 Å². The first kappa shape index (κ1) is 12.2. The monoisotopic (exact) mass is 244 g/mol. The fourth-order valence-electron chi connectivity index (χ4n) is 3.64. The van der Waals surface area contributed by atoms with Gasteiger partial charge in [-0.15, -0.1) is 0 Å². The first-order chi connectivity index (χ1) is 8.78. The lowest BCUT2D eigenvalue weighted by Crippen LogP contribution is -2.29. The zero-order chi connectivity index (χ0) is 12.5. The molecule has 1 aromatic carbocycles. The van der Waals surface area contributed by atoms with Crippen molar-refractivity contribution in [2.45, 2.75) is 26.3 Å². The fraction of sp³-hybridized carbons (Fsp3) is 0.625. The molecule has 3 atom stereocenters. The average molecular weight is 244 g/mol. The highest BCUT2D eigenvalue weighted by Gasteiger charge is 2.38. The number of benzene rings is 1. The van der Waals surface area contributed by atoms with E-state index in [4.69, 9.17) is 0 Å². The van der Waals surface area contributed by atoms with Crippen molar-refractivity contribution < 1.29 is 0 Å². The highest BCUT2D eigenvalue weighted by Crippen LogP contribution is 2.34. The highest BCUT2D eigenvalue weighted by molar-refractivity contribution is 5.24. The predicted octanol–water partition coefficient (Wildman–Crippen LogP) is 2.60. The summed E-state index contributed by atoms with van der Waals surface area (Å²) in [6, 6.07) is 9.75. The van der Waals surface area contributed by atoms with E-state index in [0.29, 0.717) is 6.04 Å². The van der Waals surface area contributed by atoms with Crippen molar-refractivity contribution in [1.29, 1.82) is 0 Å². The normalized spacial score (nSPS) is 29.4. The molecular formula is C16H24N2. The Morgan fingerprint density at radius 1 is 1.17 bits per heavy atom. The second-order valence-corrected chi connectivity index (χ2v) is 5.97. The maximum atomic E-state index is 3.52. The predicted molar refractivity (Wildman–Crippen MR) is 75.6 cm³/mol. The van der Waals surface area contributed by atoms with Gasteiger partial charge in [0.05, 0.1) is 0 Å². The number of aryl methyl sites for hydroxylation is 1. The SMILES string of the molecule is CCC(c1ccc(C)cc1)N1CC2CNCC2C1. The van der Waals surface area contributed by atoms with Crippen LogP contribution >= 0.6 is 0 Å². The molecule has 2 nitrogen and oxygen atoms in total. The second-order valence-electron chi connectivity index (χ2n) is 5.97. The summed E-state index contributed by atoms with van der Waals surface area (Å²) in [6.45, 7) is 9.50. The Balaban J connectivity index is 1.75. The Morgan fingerprint density at radius 2 is 1.78 bits per heavy atom. The topological polar surface area (TPSA) is 15.3 Å². The smallest absolute Gasteiger partial charge is 0.0345 e. The van der Waals surface area contributed by atoms with Gasteiger partial charge in [-0.3, -0.25) is 4.90 Å². The highest BCUT2D eigenvalue weighted by atomic mass is 15.2. The molecule has 0 bridgehead atoms. The van der Waals surface area contributed by atoms with E-state index in [1.54, 1.807) is 0 Å². The van der Waals surface area contributed by atoms with E-state index in [9.17, 15) is 0 Å². The summed E-state index contributed by atoms with van der Waals surface area (Å²) >= 11 is 0. The molecule has 2 aliphatic heterocycles. The molecule has 1 N–H and O–H groups in total. The first-order valence-corrected chi connectivity index (χ1v) is 7.29. The number of hydrogen-bond donors (Lipinski definition) is 1. The van der Waals surface area contributed by atoms with E-state index in [1.807, 2.05) is 0 Å². The van der Waals surface area contributed by atoms with E-state index < -0.39 is 0 Å². The van der Waals surface area contributed by atoms with Crippen LogP contribution in [0.3, 0.4) is 0 Å². The third-order valence-corrected chi connectivity index (χ3v) is 4.71. The molecule has 18 heavy (non-hydrogen) atoms. The quantitative estimate of drug-likeness (QED) is 0.879. The van der Waals surface area contributed by atoms with Crippen molar-refractivity contribution in [2.75, 3.05) is 26.2 Å². The summed E-state index contributed by atoms with van der Waals surface area (Å²) in [4.78, 5) is 2.71. The number of likely N-dealkylation sites (tertiary alicyclic amines) is 1. The molecule has 2 heterocycles. The number of fused-ring (bicyclic) bond motifs is 1. The van der Waals surface area contributed by atoms with Crippen LogP contribution < -0.4 is 5.32 Å². The minimum Gasteiger partial charge on any atom is -0.316 e. The van der Waals surface area contributed by atoms with Crippen molar-refractivity contribution in [3.63, 3.8) is 0 Å². The summed E-state index contributed by atoms with van der Waals surface area (Å²) in [6.07, 6.45) is 1.22. The Morgan fingerprint density at radius 3 is 2.33 bits per heavy atom. The van der Waals surface area contributed by atoms with E-state index in [0.717, 1.165) is 11.8 Å². The van der Waals surface area contributed by atoms with Gasteiger partial charge in [-0.05, 0) is 43.8 Å². The summed E-state index contributed by atoms with van der Waals surface area (Å²) < 4.78 is 0. The van der Waals surface area contributed by atoms with Gasteiger partial charge >= 0.3 is 0 Å². The standard InChI is InChI=1S/C16H24N2/c1-3-16(13-6-4-12(2)5-7-13)18-10-14-8-17-9-15(14)11-18/h4-7,14-17H,3,8-11H2,1-2H3. The first-order valence-electron chi connectivity index (χ1n) is 7.29. The molecule has 3 unspecified atom stereocenters. The van der Waals surface area contributed by atoms with Crippen LogP contribution in [0.2, 0.25) is 0 Å². The molecule has 1 aromatic rings. The van der Waals surface area contributed by atoms with Crippen LogP contribution in [0.4, 0.5) is 0 Å². The molecule has 0 radical (unpaired) electrons. The van der Waals surface area contributed by atoms with Crippen LogP contribution in [0.1, 0.15) is 30.5 Å². The number of nitrogens with one attached hydrogen (secondary N) is 1. The summed E-state index contributed by atoms with van der Waals surface area (Å²) in [5.74, 6) is 1.79. The van der Waals surface area contributed by atoms with Crippen LogP contribution in [0.5, 0.6) is 0 Å². The third kappa shape index (κ3) is 2.19. The molecule has 2 aliphatic rings. The van der Waals surface area contributed by atoms with Gasteiger partial charge in [0.1, 0.15) is 0 Å². The molecular weight excluding hydrogens is 220 g/mol. The van der Waals surface area contributed by atoms with Gasteiger partial charge in [-0.2, -0.15) is 0 Å². The largest absolute Gasteiger partial charge is 0.316 e. The Hall–Kier alpha value is -0.860. The molecule has 0 amide bonds. The van der Waals surface area contributed by atoms with Crippen LogP contribution in [0, 0.1) is 18.8 Å². The zero-order valence-corrected chi connectivity index (χ0v) is 11.5. The van der Waals surface area contributed by atoms with Gasteiger partial charge in [0.25, 0.3) is 0 Å². The maximum absolute atomic E-state index is 3.52. The molecule has 98 valence electrons. The van der Waals surface area contributed by atoms with E-state index in [2.05, 4.69) is 48.3 Å². The van der Waals surface area contributed by atoms with Crippen molar-refractivity contribution in [3.8, 4) is 0 Å². The van der Waals surface area contributed by atoms with Crippen molar-refractivity contribution in [2.24, 2.45) is 11.8 Å². The lowest BCUT2D eigenvalue weighted by molar-refractivity contribution is 0.222. The summed E-state index contributed by atoms with van der Waals surface area (Å²) in [7, 11) is 0. The lowest BCUT2D eigenvalue weighted by atomic mass is 10.0. The molecule has 0 spiro atoms. The van der Waals surface area contributed by atoms with Gasteiger partial charge in [0.2, 0.25) is 0 Å². The Labute approximate surface area is 110 Å². The van der Waals surface area contributed by atoms with Crippen LogP contribution in [-0.2, 0) is 0 Å². The molecule has 0 aliphatic carbocycles. The van der Waals surface area contributed by atoms with Crippen LogP contribution in [-0.4, -0.2) is 31.1 Å². The molecule has 2 saturated heterocycles. The third-order valence-electron chi connectivity index (χ3n) is 4.71. The van der Waals surface area contributed by atoms with Gasteiger partial charge in [-0.25, -0.2) is 0 Å². The summed E-state index contributed by atoms with van der Waals surface area (Å²) in [5.41, 5.74) is 2.85. The van der Waals surface area contributed by atoms with Gasteiger partial charge in [-0.1, -0.05) is 36.8 Å². The van der Waals surface area contributed by atoms with Crippen molar-refractivity contribution in [1.82, 2.24) is 10.2 Å². The number of nitrogens with zero attached hydrogens (tertiary/aromatic N) is 1. The maximum Gasteiger partial charge on any atom is 0.0345 e. The molecule has 2 heteroatoms. The van der Waals surface area contributed by atoms with Crippen molar-refractivity contribution >= 4 is 0 Å². The van der Waals surface area contributed by atoms with Gasteiger partial charge in [0, 0.05) is 19.1 Å². The minimum absolute atomic E-state index is 0.621. The Bertz CT molecular complexity index is 386. The van der Waals surface area contributed by atoms with E-state index in [1.165, 1.54) is 43.7 Å². The van der Waals surface area contributed by atoms with Gasteiger partial charge in [0.15, 0.2) is 0 Å². The zero-order valence-electron chi connectivity index (χ0n) is 11.5. The number of rotatable bonds is 3. The molecule has 3 rings (SSSR count). The van der Waals surface area contributed by atoms with Gasteiger partial charge < -0.3 is 5.32 Å². The fourth-order valence-corrected chi connectivity index (χ4v) is 3.64. The van der Waals surface area contributed by atoms with E-state index >= 15 is 0 Å². The van der Waals surface area contributed by atoms with Crippen LogP contribution in [0.15, 0.2) is 24.3 Å². The van der Waals surface area contributed by atoms with E-state index in [-0.39, 0.29) is 0 Å². The van der Waals surface area contributed by atoms with Crippen molar-refractivity contribution in [3.05, 3.63) is 35.4 Å².